The fourth-order valence-electron chi connectivity index (χ4n) is 3.07. The minimum atomic E-state index is -0.746. The summed E-state index contributed by atoms with van der Waals surface area (Å²) in [5.74, 6) is -0.739. The van der Waals surface area contributed by atoms with Crippen molar-refractivity contribution in [3.8, 4) is 11.8 Å². The van der Waals surface area contributed by atoms with Gasteiger partial charge in [-0.25, -0.2) is 0 Å². The third-order valence-corrected chi connectivity index (χ3v) is 4.49. The lowest BCUT2D eigenvalue weighted by Gasteiger charge is -2.05. The Balaban J connectivity index is 1.84. The number of aromatic hydroxyl groups is 2. The molecular formula is C20H21N3O6. The lowest BCUT2D eigenvalue weighted by Crippen LogP contribution is -2.00. The Morgan fingerprint density at radius 3 is 2.41 bits per heavy atom. The zero-order chi connectivity index (χ0) is 21.1. The summed E-state index contributed by atoms with van der Waals surface area (Å²) in [5.41, 5.74) is 0.365. The number of rotatable bonds is 6. The first-order valence-corrected chi connectivity index (χ1v) is 8.94. The van der Waals surface area contributed by atoms with E-state index >= 15 is 0 Å². The van der Waals surface area contributed by atoms with E-state index in [1.165, 1.54) is 28.8 Å². The van der Waals surface area contributed by atoms with Gasteiger partial charge >= 0.3 is 0 Å². The largest absolute Gasteiger partial charge is 0.494 e. The maximum Gasteiger partial charge on any atom is 0.299 e. The van der Waals surface area contributed by atoms with Gasteiger partial charge in [0.15, 0.2) is 0 Å². The summed E-state index contributed by atoms with van der Waals surface area (Å²) in [5, 5.41) is 28.4. The standard InChI is InChI=1S/C20H21N3O6/c1-11-9-15(12(2)29-11)18(25)22-21-17(24)13-5-6-14-16(10-13)20(27)23(19(14)26)7-4-8-28-3/h5-6,9-10,26-27H,4,7-8H2,1-3H3. The number of carbonyl (C=O) groups is 2. The lowest BCUT2D eigenvalue weighted by molar-refractivity contribution is 0.0946. The van der Waals surface area contributed by atoms with Crippen LogP contribution in [0.4, 0.5) is 0 Å². The average Bonchev–Trinajstić information content (AvgIpc) is 3.16. The molecule has 0 aliphatic heterocycles. The number of carbonyl (C=O) groups excluding carboxylic acids is 2. The summed E-state index contributed by atoms with van der Waals surface area (Å²) in [6.45, 7) is 4.14. The summed E-state index contributed by atoms with van der Waals surface area (Å²) < 4.78 is 11.6. The number of fused-ring (bicyclic) bond motifs is 1. The highest BCUT2D eigenvalue weighted by Gasteiger charge is 2.18. The third-order valence-electron chi connectivity index (χ3n) is 4.49. The number of amides is 2. The fourth-order valence-corrected chi connectivity index (χ4v) is 3.07. The van der Waals surface area contributed by atoms with Crippen molar-refractivity contribution in [3.05, 3.63) is 46.9 Å². The quantitative estimate of drug-likeness (QED) is 0.480. The van der Waals surface area contributed by atoms with Crippen LogP contribution in [0, 0.1) is 13.8 Å². The Morgan fingerprint density at radius 2 is 1.76 bits per heavy atom. The Morgan fingerprint density at radius 1 is 1.07 bits per heavy atom. The van der Waals surface area contributed by atoms with Crippen LogP contribution in [-0.4, -0.2) is 40.3 Å². The minimum absolute atomic E-state index is 0.102. The van der Waals surface area contributed by atoms with Crippen molar-refractivity contribution < 1.29 is 29.0 Å². The van der Waals surface area contributed by atoms with Crippen LogP contribution >= 0.6 is 0 Å². The number of nitrogens with zero attached hydrogens (tertiary/aromatic N) is 3. The molecule has 0 atom stereocenters. The van der Waals surface area contributed by atoms with Crippen LogP contribution in [0.5, 0.6) is 11.8 Å². The number of hydrogen-bond acceptors (Lipinski definition) is 6. The van der Waals surface area contributed by atoms with Crippen LogP contribution in [0.3, 0.4) is 0 Å². The topological polar surface area (TPSA) is 127 Å². The first kappa shape index (κ1) is 20.3. The van der Waals surface area contributed by atoms with Crippen molar-refractivity contribution in [1.29, 1.82) is 0 Å². The predicted octanol–water partition coefficient (Wildman–Crippen LogP) is 3.73. The van der Waals surface area contributed by atoms with Gasteiger partial charge < -0.3 is 19.4 Å². The molecule has 2 aromatic heterocycles. The van der Waals surface area contributed by atoms with E-state index in [1.807, 2.05) is 0 Å². The number of methoxy groups -OCH3 is 1. The van der Waals surface area contributed by atoms with E-state index in [0.717, 1.165) is 0 Å². The number of ether oxygens (including phenoxy) is 1. The minimum Gasteiger partial charge on any atom is -0.494 e. The van der Waals surface area contributed by atoms with Gasteiger partial charge in [-0.05, 0) is 44.5 Å². The molecule has 0 aliphatic rings. The second kappa shape index (κ2) is 8.27. The van der Waals surface area contributed by atoms with Crippen molar-refractivity contribution in [2.24, 2.45) is 10.2 Å². The summed E-state index contributed by atoms with van der Waals surface area (Å²) in [6.07, 6.45) is 0.591. The molecule has 0 bridgehead atoms. The van der Waals surface area contributed by atoms with Crippen LogP contribution < -0.4 is 0 Å². The molecule has 2 heterocycles. The van der Waals surface area contributed by atoms with E-state index < -0.39 is 11.8 Å². The number of hydrogen-bond donors (Lipinski definition) is 2. The molecule has 1 aromatic carbocycles. The molecule has 3 rings (SSSR count). The molecule has 0 aliphatic carbocycles. The molecular weight excluding hydrogens is 378 g/mol. The van der Waals surface area contributed by atoms with E-state index in [-0.39, 0.29) is 22.9 Å². The van der Waals surface area contributed by atoms with Crippen LogP contribution in [0.15, 0.2) is 38.9 Å². The molecule has 29 heavy (non-hydrogen) atoms. The smallest absolute Gasteiger partial charge is 0.299 e. The molecule has 0 unspecified atom stereocenters. The maximum absolute atomic E-state index is 12.3. The Hall–Kier alpha value is -3.46. The van der Waals surface area contributed by atoms with Gasteiger partial charge in [0.05, 0.1) is 5.56 Å². The van der Waals surface area contributed by atoms with Gasteiger partial charge in [0, 0.05) is 36.6 Å². The van der Waals surface area contributed by atoms with Gasteiger partial charge in [0.1, 0.15) is 11.5 Å². The molecule has 9 nitrogen and oxygen atoms in total. The Bertz CT molecular complexity index is 1110. The molecule has 2 N–H and O–H groups in total. The third kappa shape index (κ3) is 4.04. The van der Waals surface area contributed by atoms with Crippen LogP contribution in [0.25, 0.3) is 10.8 Å². The van der Waals surface area contributed by atoms with E-state index in [1.54, 1.807) is 21.0 Å². The summed E-state index contributed by atoms with van der Waals surface area (Å²) in [6, 6.07) is 5.88. The fraction of sp³-hybridized carbons (Fsp3) is 0.300. The van der Waals surface area contributed by atoms with Gasteiger partial charge in [-0.2, -0.15) is 0 Å². The van der Waals surface area contributed by atoms with Crippen molar-refractivity contribution in [2.75, 3.05) is 13.7 Å². The van der Waals surface area contributed by atoms with Crippen molar-refractivity contribution in [2.45, 2.75) is 26.8 Å². The number of azo groups is 1. The van der Waals surface area contributed by atoms with E-state index in [9.17, 15) is 19.8 Å². The summed E-state index contributed by atoms with van der Waals surface area (Å²) in [4.78, 5) is 24.4. The van der Waals surface area contributed by atoms with Gasteiger partial charge in [-0.1, -0.05) is 0 Å². The molecule has 9 heteroatoms. The summed E-state index contributed by atoms with van der Waals surface area (Å²) in [7, 11) is 1.57. The predicted molar refractivity (Wildman–Crippen MR) is 103 cm³/mol. The van der Waals surface area contributed by atoms with Crippen LogP contribution in [0.2, 0.25) is 0 Å². The molecule has 0 radical (unpaired) electrons. The van der Waals surface area contributed by atoms with E-state index in [4.69, 9.17) is 9.15 Å². The number of aryl methyl sites for hydroxylation is 2. The monoisotopic (exact) mass is 399 g/mol. The van der Waals surface area contributed by atoms with Crippen molar-refractivity contribution in [1.82, 2.24) is 4.57 Å². The van der Waals surface area contributed by atoms with Gasteiger partial charge in [0.25, 0.3) is 11.8 Å². The molecule has 0 saturated carbocycles. The van der Waals surface area contributed by atoms with E-state index in [0.29, 0.717) is 41.9 Å². The summed E-state index contributed by atoms with van der Waals surface area (Å²) >= 11 is 0. The lowest BCUT2D eigenvalue weighted by atomic mass is 10.1. The van der Waals surface area contributed by atoms with Gasteiger partial charge in [-0.15, -0.1) is 10.2 Å². The molecule has 3 aromatic rings. The second-order valence-corrected chi connectivity index (χ2v) is 6.54. The zero-order valence-corrected chi connectivity index (χ0v) is 16.3. The van der Waals surface area contributed by atoms with Gasteiger partial charge in [-0.3, -0.25) is 14.2 Å². The molecule has 0 fully saturated rings. The number of benzene rings is 1. The Kier molecular flexibility index (Phi) is 5.79. The number of furan rings is 1. The van der Waals surface area contributed by atoms with Crippen molar-refractivity contribution >= 4 is 22.6 Å². The van der Waals surface area contributed by atoms with Gasteiger partial charge in [0.2, 0.25) is 11.8 Å². The normalized spacial score (nSPS) is 11.6. The van der Waals surface area contributed by atoms with Crippen molar-refractivity contribution in [3.63, 3.8) is 0 Å². The first-order chi connectivity index (χ1) is 13.8. The van der Waals surface area contributed by atoms with Crippen LogP contribution in [-0.2, 0) is 11.3 Å². The maximum atomic E-state index is 12.3. The van der Waals surface area contributed by atoms with Crippen LogP contribution in [0.1, 0.15) is 38.7 Å². The van der Waals surface area contributed by atoms with E-state index in [2.05, 4.69) is 10.2 Å². The SMILES string of the molecule is COCCCn1c(O)c2ccc(C(=O)N=NC(=O)c3cc(C)oc3C)cc2c1O. The molecule has 152 valence electrons. The highest BCUT2D eigenvalue weighted by molar-refractivity contribution is 6.03. The Labute approximate surface area is 166 Å². The number of aromatic nitrogens is 1. The second-order valence-electron chi connectivity index (χ2n) is 6.54. The molecule has 0 spiro atoms. The highest BCUT2D eigenvalue weighted by Crippen LogP contribution is 2.37. The average molecular weight is 399 g/mol. The molecule has 0 saturated heterocycles. The first-order valence-electron chi connectivity index (χ1n) is 8.94. The molecule has 2 amide bonds. The highest BCUT2D eigenvalue weighted by atomic mass is 16.5. The zero-order valence-electron chi connectivity index (χ0n) is 16.3.